The van der Waals surface area contributed by atoms with E-state index in [-0.39, 0.29) is 6.54 Å². The standard InChI is InChI=1S/C10H12BrNO2/c1-6-2-7(4-8(11)3-6)9(5-12)10(13)14/h2-4,9H,5,12H2,1H3,(H,13,14). The number of aryl methyl sites for hydroxylation is 1. The Kier molecular flexibility index (Phi) is 3.66. The summed E-state index contributed by atoms with van der Waals surface area (Å²) in [5.41, 5.74) is 7.17. The van der Waals surface area contributed by atoms with Crippen LogP contribution in [0.1, 0.15) is 17.0 Å². The lowest BCUT2D eigenvalue weighted by molar-refractivity contribution is -0.138. The van der Waals surface area contributed by atoms with E-state index in [9.17, 15) is 4.79 Å². The van der Waals surface area contributed by atoms with Gasteiger partial charge in [0, 0.05) is 11.0 Å². The molecule has 0 fully saturated rings. The third-order valence-electron chi connectivity index (χ3n) is 2.00. The SMILES string of the molecule is Cc1cc(Br)cc(C(CN)C(=O)O)c1. The predicted octanol–water partition coefficient (Wildman–Crippen LogP) is 1.88. The van der Waals surface area contributed by atoms with Crippen molar-refractivity contribution >= 4 is 21.9 Å². The van der Waals surface area contributed by atoms with Gasteiger partial charge in [0.15, 0.2) is 0 Å². The van der Waals surface area contributed by atoms with Crippen molar-refractivity contribution in [3.8, 4) is 0 Å². The van der Waals surface area contributed by atoms with E-state index in [1.807, 2.05) is 19.1 Å². The average Bonchev–Trinajstić information content (AvgIpc) is 2.02. The van der Waals surface area contributed by atoms with E-state index >= 15 is 0 Å². The molecule has 0 amide bonds. The highest BCUT2D eigenvalue weighted by molar-refractivity contribution is 9.10. The number of rotatable bonds is 3. The molecule has 3 N–H and O–H groups in total. The smallest absolute Gasteiger partial charge is 0.312 e. The Hall–Kier alpha value is -0.870. The van der Waals surface area contributed by atoms with Gasteiger partial charge in [-0.3, -0.25) is 4.79 Å². The lowest BCUT2D eigenvalue weighted by atomic mass is 9.98. The first-order valence-corrected chi connectivity index (χ1v) is 5.04. The summed E-state index contributed by atoms with van der Waals surface area (Å²) < 4.78 is 0.882. The van der Waals surface area contributed by atoms with E-state index in [2.05, 4.69) is 15.9 Å². The zero-order valence-electron chi connectivity index (χ0n) is 7.83. The molecule has 0 aliphatic rings. The van der Waals surface area contributed by atoms with Crippen molar-refractivity contribution in [3.05, 3.63) is 33.8 Å². The van der Waals surface area contributed by atoms with Crippen molar-refractivity contribution in [1.82, 2.24) is 0 Å². The predicted molar refractivity (Wildman–Crippen MR) is 58.3 cm³/mol. The third kappa shape index (κ3) is 2.56. The molecule has 1 aromatic rings. The summed E-state index contributed by atoms with van der Waals surface area (Å²) in [6, 6.07) is 5.56. The van der Waals surface area contributed by atoms with Gasteiger partial charge in [-0.25, -0.2) is 0 Å². The summed E-state index contributed by atoms with van der Waals surface area (Å²) in [5.74, 6) is -1.50. The minimum Gasteiger partial charge on any atom is -0.481 e. The number of benzene rings is 1. The molecule has 1 atom stereocenters. The van der Waals surface area contributed by atoms with Gasteiger partial charge < -0.3 is 10.8 Å². The maximum absolute atomic E-state index is 10.9. The van der Waals surface area contributed by atoms with E-state index < -0.39 is 11.9 Å². The number of carbonyl (C=O) groups is 1. The second kappa shape index (κ2) is 4.57. The van der Waals surface area contributed by atoms with E-state index in [0.717, 1.165) is 15.6 Å². The van der Waals surface area contributed by atoms with E-state index in [4.69, 9.17) is 10.8 Å². The molecule has 0 aromatic heterocycles. The van der Waals surface area contributed by atoms with Crippen LogP contribution in [-0.4, -0.2) is 17.6 Å². The Morgan fingerprint density at radius 1 is 1.57 bits per heavy atom. The molecule has 0 heterocycles. The van der Waals surface area contributed by atoms with Crippen molar-refractivity contribution in [2.45, 2.75) is 12.8 Å². The molecular weight excluding hydrogens is 246 g/mol. The topological polar surface area (TPSA) is 63.3 Å². The maximum Gasteiger partial charge on any atom is 0.312 e. The Morgan fingerprint density at radius 2 is 2.21 bits per heavy atom. The van der Waals surface area contributed by atoms with Gasteiger partial charge in [-0.15, -0.1) is 0 Å². The number of halogens is 1. The zero-order chi connectivity index (χ0) is 10.7. The molecular formula is C10H12BrNO2. The van der Waals surface area contributed by atoms with Gasteiger partial charge in [0.25, 0.3) is 0 Å². The van der Waals surface area contributed by atoms with Crippen LogP contribution in [0.3, 0.4) is 0 Å². The van der Waals surface area contributed by atoms with Gasteiger partial charge >= 0.3 is 5.97 Å². The van der Waals surface area contributed by atoms with Gasteiger partial charge in [-0.1, -0.05) is 22.0 Å². The monoisotopic (exact) mass is 257 g/mol. The number of hydrogen-bond donors (Lipinski definition) is 2. The van der Waals surface area contributed by atoms with Crippen molar-refractivity contribution < 1.29 is 9.90 Å². The van der Waals surface area contributed by atoms with Crippen molar-refractivity contribution in [3.63, 3.8) is 0 Å². The fourth-order valence-electron chi connectivity index (χ4n) is 1.35. The highest BCUT2D eigenvalue weighted by Crippen LogP contribution is 2.21. The second-order valence-corrected chi connectivity index (χ2v) is 4.10. The highest BCUT2D eigenvalue weighted by Gasteiger charge is 2.18. The van der Waals surface area contributed by atoms with E-state index in [1.54, 1.807) is 6.07 Å². The summed E-state index contributed by atoms with van der Waals surface area (Å²) in [6.07, 6.45) is 0. The lowest BCUT2D eigenvalue weighted by Gasteiger charge is -2.11. The Labute approximate surface area is 91.1 Å². The van der Waals surface area contributed by atoms with E-state index in [0.29, 0.717) is 0 Å². The third-order valence-corrected chi connectivity index (χ3v) is 2.46. The molecule has 0 radical (unpaired) electrons. The first-order valence-electron chi connectivity index (χ1n) is 4.24. The first-order chi connectivity index (χ1) is 6.54. The normalized spacial score (nSPS) is 12.5. The van der Waals surface area contributed by atoms with Crippen LogP contribution in [0.2, 0.25) is 0 Å². The fourth-order valence-corrected chi connectivity index (χ4v) is 1.97. The van der Waals surface area contributed by atoms with Crippen LogP contribution in [0.4, 0.5) is 0 Å². The molecule has 3 nitrogen and oxygen atoms in total. The largest absolute Gasteiger partial charge is 0.481 e. The summed E-state index contributed by atoms with van der Waals surface area (Å²) in [4.78, 5) is 10.9. The number of aliphatic carboxylic acids is 1. The molecule has 1 unspecified atom stereocenters. The molecule has 76 valence electrons. The Balaban J connectivity index is 3.10. The summed E-state index contributed by atoms with van der Waals surface area (Å²) in [5, 5.41) is 8.91. The van der Waals surface area contributed by atoms with Crippen LogP contribution in [0, 0.1) is 6.92 Å². The van der Waals surface area contributed by atoms with Gasteiger partial charge in [0.05, 0.1) is 5.92 Å². The number of hydrogen-bond acceptors (Lipinski definition) is 2. The molecule has 1 rings (SSSR count). The highest BCUT2D eigenvalue weighted by atomic mass is 79.9. The van der Waals surface area contributed by atoms with Gasteiger partial charge in [-0.05, 0) is 30.2 Å². The van der Waals surface area contributed by atoms with Gasteiger partial charge in [-0.2, -0.15) is 0 Å². The van der Waals surface area contributed by atoms with Crippen LogP contribution >= 0.6 is 15.9 Å². The van der Waals surface area contributed by atoms with Crippen molar-refractivity contribution in [2.24, 2.45) is 5.73 Å². The molecule has 0 aliphatic carbocycles. The van der Waals surface area contributed by atoms with Crippen LogP contribution in [-0.2, 0) is 4.79 Å². The van der Waals surface area contributed by atoms with Crippen LogP contribution < -0.4 is 5.73 Å². The second-order valence-electron chi connectivity index (χ2n) is 3.19. The van der Waals surface area contributed by atoms with Crippen LogP contribution in [0.25, 0.3) is 0 Å². The Morgan fingerprint density at radius 3 is 2.64 bits per heavy atom. The number of nitrogens with two attached hydrogens (primary N) is 1. The van der Waals surface area contributed by atoms with Crippen molar-refractivity contribution in [2.75, 3.05) is 6.54 Å². The molecule has 4 heteroatoms. The summed E-state index contributed by atoms with van der Waals surface area (Å²) >= 11 is 3.33. The zero-order valence-corrected chi connectivity index (χ0v) is 9.41. The molecule has 1 aromatic carbocycles. The number of carboxylic acid groups (broad SMARTS) is 1. The van der Waals surface area contributed by atoms with Crippen LogP contribution in [0.15, 0.2) is 22.7 Å². The van der Waals surface area contributed by atoms with Gasteiger partial charge in [0.2, 0.25) is 0 Å². The van der Waals surface area contributed by atoms with E-state index in [1.165, 1.54) is 0 Å². The number of carboxylic acids is 1. The maximum atomic E-state index is 10.9. The molecule has 0 aliphatic heterocycles. The van der Waals surface area contributed by atoms with Crippen LogP contribution in [0.5, 0.6) is 0 Å². The fraction of sp³-hybridized carbons (Fsp3) is 0.300. The average molecular weight is 258 g/mol. The Bertz CT molecular complexity index is 332. The molecule has 0 saturated carbocycles. The lowest BCUT2D eigenvalue weighted by Crippen LogP contribution is -2.21. The molecule has 0 spiro atoms. The minimum absolute atomic E-state index is 0.116. The molecule has 0 saturated heterocycles. The summed E-state index contributed by atoms with van der Waals surface area (Å²) in [7, 11) is 0. The minimum atomic E-state index is -0.884. The van der Waals surface area contributed by atoms with Gasteiger partial charge in [0.1, 0.15) is 0 Å². The summed E-state index contributed by atoms with van der Waals surface area (Å²) in [6.45, 7) is 2.04. The molecule has 0 bridgehead atoms. The quantitative estimate of drug-likeness (QED) is 0.870. The first kappa shape index (κ1) is 11.2. The van der Waals surface area contributed by atoms with Crippen molar-refractivity contribution in [1.29, 1.82) is 0 Å². The molecule has 14 heavy (non-hydrogen) atoms.